The van der Waals surface area contributed by atoms with Crippen LogP contribution in [0, 0.1) is 11.3 Å². The molecule has 2 rings (SSSR count). The van der Waals surface area contributed by atoms with Gasteiger partial charge in [0, 0.05) is 19.3 Å². The van der Waals surface area contributed by atoms with E-state index in [-0.39, 0.29) is 0 Å². The highest BCUT2D eigenvalue weighted by atomic mass is 35.5. The third kappa shape index (κ3) is 2.46. The second-order valence-electron chi connectivity index (χ2n) is 5.48. The third-order valence-corrected chi connectivity index (χ3v) is 3.53. The van der Waals surface area contributed by atoms with Crippen LogP contribution in [-0.4, -0.2) is 23.1 Å². The quantitative estimate of drug-likeness (QED) is 0.706. The van der Waals surface area contributed by atoms with Crippen LogP contribution in [0.3, 0.4) is 0 Å². The number of rotatable bonds is 1. The number of halogens is 1. The first-order chi connectivity index (χ1) is 7.47. The normalized spacial score (nSPS) is 21.5. The highest BCUT2D eigenvalue weighted by molar-refractivity contribution is 6.28. The lowest BCUT2D eigenvalue weighted by atomic mass is 9.80. The lowest BCUT2D eigenvalue weighted by Crippen LogP contribution is -2.26. The van der Waals surface area contributed by atoms with Crippen molar-refractivity contribution < 1.29 is 0 Å². The van der Waals surface area contributed by atoms with Crippen molar-refractivity contribution in [2.75, 3.05) is 18.0 Å². The standard InChI is InChI=1S/C12H18ClN3/c1-12(2,3)9-5-7-16(8-9)10-4-6-14-11(13)15-10/h4,6,9H,5,7-8H2,1-3H3. The van der Waals surface area contributed by atoms with E-state index in [9.17, 15) is 0 Å². The predicted molar refractivity (Wildman–Crippen MR) is 66.8 cm³/mol. The van der Waals surface area contributed by atoms with Gasteiger partial charge in [-0.25, -0.2) is 9.97 Å². The van der Waals surface area contributed by atoms with Gasteiger partial charge in [0.25, 0.3) is 0 Å². The monoisotopic (exact) mass is 239 g/mol. The van der Waals surface area contributed by atoms with Gasteiger partial charge in [0.05, 0.1) is 0 Å². The maximum Gasteiger partial charge on any atom is 0.224 e. The van der Waals surface area contributed by atoms with Gasteiger partial charge in [0.15, 0.2) is 0 Å². The van der Waals surface area contributed by atoms with Crippen LogP contribution in [0.4, 0.5) is 5.82 Å². The summed E-state index contributed by atoms with van der Waals surface area (Å²) in [6.07, 6.45) is 2.94. The lowest BCUT2D eigenvalue weighted by molar-refractivity contribution is 0.263. The highest BCUT2D eigenvalue weighted by Crippen LogP contribution is 2.35. The van der Waals surface area contributed by atoms with Gasteiger partial charge >= 0.3 is 0 Å². The molecule has 1 unspecified atom stereocenters. The molecule has 0 N–H and O–H groups in total. The molecular weight excluding hydrogens is 222 g/mol. The fourth-order valence-corrected chi connectivity index (χ4v) is 2.32. The lowest BCUT2D eigenvalue weighted by Gasteiger charge is -2.27. The fraction of sp³-hybridized carbons (Fsp3) is 0.667. The number of nitrogens with zero attached hydrogens (tertiary/aromatic N) is 3. The van der Waals surface area contributed by atoms with Crippen molar-refractivity contribution in [2.24, 2.45) is 11.3 Å². The Bertz CT molecular complexity index is 373. The first-order valence-electron chi connectivity index (χ1n) is 5.70. The summed E-state index contributed by atoms with van der Waals surface area (Å²) in [4.78, 5) is 10.5. The molecule has 1 saturated heterocycles. The van der Waals surface area contributed by atoms with Gasteiger partial charge in [-0.1, -0.05) is 20.8 Å². The van der Waals surface area contributed by atoms with Crippen LogP contribution in [0.2, 0.25) is 5.28 Å². The topological polar surface area (TPSA) is 29.0 Å². The molecule has 1 atom stereocenters. The van der Waals surface area contributed by atoms with E-state index >= 15 is 0 Å². The van der Waals surface area contributed by atoms with Crippen LogP contribution < -0.4 is 4.90 Å². The van der Waals surface area contributed by atoms with Crippen LogP contribution in [0.15, 0.2) is 12.3 Å². The van der Waals surface area contributed by atoms with Crippen molar-refractivity contribution in [3.8, 4) is 0 Å². The number of aromatic nitrogens is 2. The molecule has 4 heteroatoms. The Balaban J connectivity index is 2.09. The van der Waals surface area contributed by atoms with E-state index < -0.39 is 0 Å². The number of anilines is 1. The van der Waals surface area contributed by atoms with E-state index in [1.807, 2.05) is 6.07 Å². The molecule has 2 heterocycles. The van der Waals surface area contributed by atoms with Crippen LogP contribution in [0.1, 0.15) is 27.2 Å². The Kier molecular flexibility index (Phi) is 3.06. The third-order valence-electron chi connectivity index (χ3n) is 3.35. The molecule has 1 fully saturated rings. The number of hydrogen-bond donors (Lipinski definition) is 0. The van der Waals surface area contributed by atoms with Crippen molar-refractivity contribution >= 4 is 17.4 Å². The predicted octanol–water partition coefficient (Wildman–Crippen LogP) is 3.00. The van der Waals surface area contributed by atoms with Crippen LogP contribution in [-0.2, 0) is 0 Å². The minimum Gasteiger partial charge on any atom is -0.356 e. The summed E-state index contributed by atoms with van der Waals surface area (Å²) in [5.74, 6) is 1.67. The van der Waals surface area contributed by atoms with Crippen molar-refractivity contribution in [3.05, 3.63) is 17.5 Å². The fourth-order valence-electron chi connectivity index (χ4n) is 2.18. The van der Waals surface area contributed by atoms with Crippen molar-refractivity contribution in [1.82, 2.24) is 9.97 Å². The van der Waals surface area contributed by atoms with Gasteiger partial charge < -0.3 is 4.90 Å². The Morgan fingerprint density at radius 1 is 1.44 bits per heavy atom. The smallest absolute Gasteiger partial charge is 0.224 e. The minimum absolute atomic E-state index is 0.330. The van der Waals surface area contributed by atoms with E-state index in [4.69, 9.17) is 11.6 Å². The summed E-state index contributed by atoms with van der Waals surface area (Å²) >= 11 is 5.80. The summed E-state index contributed by atoms with van der Waals surface area (Å²) < 4.78 is 0. The summed E-state index contributed by atoms with van der Waals surface area (Å²) in [6, 6.07) is 1.93. The molecular formula is C12H18ClN3. The Hall–Kier alpha value is -0.830. The van der Waals surface area contributed by atoms with Gasteiger partial charge in [-0.15, -0.1) is 0 Å². The molecule has 0 radical (unpaired) electrons. The van der Waals surface area contributed by atoms with Crippen molar-refractivity contribution in [3.63, 3.8) is 0 Å². The summed E-state index contributed by atoms with van der Waals surface area (Å²) in [5.41, 5.74) is 0.367. The molecule has 0 spiro atoms. The molecule has 1 aliphatic rings. The van der Waals surface area contributed by atoms with E-state index in [1.54, 1.807) is 6.20 Å². The summed E-state index contributed by atoms with van der Waals surface area (Å²) in [7, 11) is 0. The average molecular weight is 240 g/mol. The molecule has 0 aromatic carbocycles. The summed E-state index contributed by atoms with van der Waals surface area (Å²) in [6.45, 7) is 9.03. The molecule has 1 aliphatic heterocycles. The first kappa shape index (κ1) is 11.6. The molecule has 88 valence electrons. The maximum absolute atomic E-state index is 5.80. The van der Waals surface area contributed by atoms with Gasteiger partial charge in [0.1, 0.15) is 5.82 Å². The van der Waals surface area contributed by atoms with Crippen molar-refractivity contribution in [1.29, 1.82) is 0 Å². The number of hydrogen-bond acceptors (Lipinski definition) is 3. The Morgan fingerprint density at radius 2 is 2.19 bits per heavy atom. The molecule has 0 aliphatic carbocycles. The van der Waals surface area contributed by atoms with E-state index in [0.717, 1.165) is 24.8 Å². The molecule has 1 aromatic heterocycles. The highest BCUT2D eigenvalue weighted by Gasteiger charge is 2.32. The largest absolute Gasteiger partial charge is 0.356 e. The van der Waals surface area contributed by atoms with Crippen LogP contribution >= 0.6 is 11.6 Å². The zero-order valence-electron chi connectivity index (χ0n) is 10.1. The SMILES string of the molecule is CC(C)(C)C1CCN(c2ccnc(Cl)n2)C1. The molecule has 0 saturated carbocycles. The maximum atomic E-state index is 5.80. The van der Waals surface area contributed by atoms with Gasteiger partial charge in [-0.2, -0.15) is 0 Å². The van der Waals surface area contributed by atoms with E-state index in [2.05, 4.69) is 35.6 Å². The van der Waals surface area contributed by atoms with Crippen LogP contribution in [0.25, 0.3) is 0 Å². The Labute approximate surface area is 102 Å². The zero-order chi connectivity index (χ0) is 11.8. The van der Waals surface area contributed by atoms with Gasteiger partial charge in [0.2, 0.25) is 5.28 Å². The van der Waals surface area contributed by atoms with E-state index in [0.29, 0.717) is 10.7 Å². The molecule has 1 aromatic rings. The second-order valence-corrected chi connectivity index (χ2v) is 5.82. The van der Waals surface area contributed by atoms with Crippen LogP contribution in [0.5, 0.6) is 0 Å². The first-order valence-corrected chi connectivity index (χ1v) is 6.08. The minimum atomic E-state index is 0.330. The molecule has 3 nitrogen and oxygen atoms in total. The average Bonchev–Trinajstić information content (AvgIpc) is 2.65. The van der Waals surface area contributed by atoms with Crippen molar-refractivity contribution in [2.45, 2.75) is 27.2 Å². The Morgan fingerprint density at radius 3 is 2.75 bits per heavy atom. The van der Waals surface area contributed by atoms with E-state index in [1.165, 1.54) is 6.42 Å². The molecule has 0 bridgehead atoms. The molecule has 0 amide bonds. The van der Waals surface area contributed by atoms with Gasteiger partial charge in [-0.05, 0) is 35.4 Å². The van der Waals surface area contributed by atoms with Gasteiger partial charge in [-0.3, -0.25) is 0 Å². The second kappa shape index (κ2) is 4.21. The zero-order valence-corrected chi connectivity index (χ0v) is 10.8. The molecule has 16 heavy (non-hydrogen) atoms. The summed E-state index contributed by atoms with van der Waals surface area (Å²) in [5, 5.41) is 0.330.